The smallest absolute Gasteiger partial charge is 0.269 e. The lowest BCUT2D eigenvalue weighted by molar-refractivity contribution is -0.385. The van der Waals surface area contributed by atoms with Crippen molar-refractivity contribution in [1.82, 2.24) is 0 Å². The molecule has 272 valence electrons. The monoisotopic (exact) mass is 716 g/mol. The quantitative estimate of drug-likeness (QED) is 0.185. The minimum Gasteiger partial charge on any atom is -0.487 e. The number of nitro groups is 2. The summed E-state index contributed by atoms with van der Waals surface area (Å²) in [6.45, 7) is 1.57. The van der Waals surface area contributed by atoms with Crippen LogP contribution >= 0.6 is 0 Å². The first-order valence-electron chi connectivity index (χ1n) is 16.1. The molecule has 1 aliphatic heterocycles. The van der Waals surface area contributed by atoms with Crippen molar-refractivity contribution < 1.29 is 47.9 Å². The van der Waals surface area contributed by atoms with Crippen molar-refractivity contribution in [3.8, 4) is 23.0 Å². The van der Waals surface area contributed by atoms with Crippen LogP contribution in [0.3, 0.4) is 0 Å². The van der Waals surface area contributed by atoms with E-state index < -0.39 is 9.85 Å². The first-order valence-corrected chi connectivity index (χ1v) is 16.1. The van der Waals surface area contributed by atoms with E-state index in [2.05, 4.69) is 0 Å². The van der Waals surface area contributed by atoms with Crippen LogP contribution in [0.25, 0.3) is 0 Å². The predicted molar refractivity (Wildman–Crippen MR) is 188 cm³/mol. The molecule has 1 heterocycles. The topological polar surface area (TPSA) is 182 Å². The summed E-state index contributed by atoms with van der Waals surface area (Å²) in [5.74, 6) is 0.890. The highest BCUT2D eigenvalue weighted by molar-refractivity contribution is 6.06. The zero-order valence-corrected chi connectivity index (χ0v) is 28.4. The Kier molecular flexibility index (Phi) is 12.5. The maximum atomic E-state index is 13.1. The third-order valence-corrected chi connectivity index (χ3v) is 7.83. The lowest BCUT2D eigenvalue weighted by atomic mass is 10.1. The lowest BCUT2D eigenvalue weighted by Crippen LogP contribution is -2.26. The number of fused-ring (bicyclic) bond motifs is 2. The molecule has 4 aromatic rings. The maximum absolute atomic E-state index is 13.1. The molecule has 0 spiro atoms. The van der Waals surface area contributed by atoms with Gasteiger partial charge in [0.1, 0.15) is 26.4 Å². The number of nitrogens with zero attached hydrogens (tertiary/aromatic N) is 4. The zero-order valence-electron chi connectivity index (χ0n) is 28.4. The summed E-state index contributed by atoms with van der Waals surface area (Å²) in [5.41, 5.74) is 1.37. The van der Waals surface area contributed by atoms with Crippen LogP contribution in [0.2, 0.25) is 0 Å². The molecule has 0 saturated heterocycles. The van der Waals surface area contributed by atoms with Gasteiger partial charge in [-0.05, 0) is 48.5 Å². The second-order valence-electron chi connectivity index (χ2n) is 11.2. The summed E-state index contributed by atoms with van der Waals surface area (Å²) >= 11 is 0. The van der Waals surface area contributed by atoms with Crippen molar-refractivity contribution in [2.75, 3.05) is 76.8 Å². The molecule has 1 aliphatic rings. The Balaban J connectivity index is 1.21. The van der Waals surface area contributed by atoms with Gasteiger partial charge in [0.15, 0.2) is 23.0 Å². The highest BCUT2D eigenvalue weighted by atomic mass is 16.6. The van der Waals surface area contributed by atoms with E-state index in [1.165, 1.54) is 58.3 Å². The second kappa shape index (κ2) is 17.6. The van der Waals surface area contributed by atoms with Crippen molar-refractivity contribution in [3.05, 3.63) is 116 Å². The third kappa shape index (κ3) is 9.49. The van der Waals surface area contributed by atoms with Crippen molar-refractivity contribution in [1.29, 1.82) is 0 Å². The Morgan fingerprint density at radius 3 is 1.15 bits per heavy atom. The molecule has 0 atom stereocenters. The number of anilines is 2. The minimum absolute atomic E-state index is 0.112. The largest absolute Gasteiger partial charge is 0.487 e. The van der Waals surface area contributed by atoms with Crippen molar-refractivity contribution in [2.45, 2.75) is 0 Å². The maximum Gasteiger partial charge on any atom is 0.269 e. The van der Waals surface area contributed by atoms with Crippen LogP contribution < -0.4 is 28.7 Å². The molecular weight excluding hydrogens is 680 g/mol. The van der Waals surface area contributed by atoms with Crippen LogP contribution in [0.4, 0.5) is 22.7 Å². The van der Waals surface area contributed by atoms with Gasteiger partial charge < -0.3 is 38.2 Å². The summed E-state index contributed by atoms with van der Waals surface area (Å²) < 4.78 is 35.3. The fraction of sp³-hybridized carbons (Fsp3) is 0.278. The third-order valence-electron chi connectivity index (χ3n) is 7.83. The van der Waals surface area contributed by atoms with E-state index in [4.69, 9.17) is 28.4 Å². The van der Waals surface area contributed by atoms with E-state index in [0.717, 1.165) is 0 Å². The number of amides is 2. The Labute approximate surface area is 298 Å². The molecule has 2 amide bonds. The van der Waals surface area contributed by atoms with E-state index in [0.29, 0.717) is 34.4 Å². The summed E-state index contributed by atoms with van der Waals surface area (Å²) in [7, 11) is 3.18. The van der Waals surface area contributed by atoms with Crippen LogP contribution in [0.15, 0.2) is 84.9 Å². The van der Waals surface area contributed by atoms with E-state index in [9.17, 15) is 29.8 Å². The van der Waals surface area contributed by atoms with Crippen LogP contribution in [-0.2, 0) is 9.47 Å². The number of hydrogen-bond donors (Lipinski definition) is 0. The van der Waals surface area contributed by atoms with Crippen LogP contribution in [0.5, 0.6) is 23.0 Å². The van der Waals surface area contributed by atoms with Gasteiger partial charge in [0.05, 0.1) is 36.3 Å². The number of ether oxygens (including phenoxy) is 6. The first-order chi connectivity index (χ1) is 25.1. The number of rotatable bonds is 6. The van der Waals surface area contributed by atoms with Gasteiger partial charge in [-0.2, -0.15) is 0 Å². The molecular formula is C36H36N4O12. The zero-order chi connectivity index (χ0) is 37.0. The molecule has 4 aromatic carbocycles. The Morgan fingerprint density at radius 2 is 0.827 bits per heavy atom. The standard InChI is InChI=1S/C36H36N4O12/c1-37(35(41)25-3-7-27(8-4-25)39(43)44)29-11-13-31-33(23-29)51-21-17-47-16-20-50-32-14-12-30(24-34(32)52-22-18-48-15-19-49-31)38(2)36(42)26-5-9-28(10-6-26)40(45)46/h3-14,23-24H,15-22H2,1-2H3. The van der Waals surface area contributed by atoms with Gasteiger partial charge in [0.25, 0.3) is 23.2 Å². The molecule has 5 rings (SSSR count). The van der Waals surface area contributed by atoms with E-state index in [-0.39, 0.29) is 87.2 Å². The molecule has 16 nitrogen and oxygen atoms in total. The number of hydrogen-bond acceptors (Lipinski definition) is 12. The molecule has 0 saturated carbocycles. The van der Waals surface area contributed by atoms with Gasteiger partial charge >= 0.3 is 0 Å². The lowest BCUT2D eigenvalue weighted by Gasteiger charge is -2.21. The predicted octanol–water partition coefficient (Wildman–Crippen LogP) is 5.32. The number of nitro benzene ring substituents is 2. The average Bonchev–Trinajstić information content (AvgIpc) is 3.16. The second-order valence-corrected chi connectivity index (χ2v) is 11.2. The van der Waals surface area contributed by atoms with E-state index in [1.54, 1.807) is 50.5 Å². The molecule has 0 radical (unpaired) electrons. The van der Waals surface area contributed by atoms with Gasteiger partial charge in [-0.1, -0.05) is 0 Å². The molecule has 0 N–H and O–H groups in total. The minimum atomic E-state index is -0.528. The molecule has 0 fully saturated rings. The highest BCUT2D eigenvalue weighted by Gasteiger charge is 2.19. The fourth-order valence-corrected chi connectivity index (χ4v) is 4.99. The van der Waals surface area contributed by atoms with Crippen LogP contribution in [-0.4, -0.2) is 88.6 Å². The Bertz CT molecular complexity index is 1750. The number of carbonyl (C=O) groups excluding carboxylic acids is 2. The average molecular weight is 717 g/mol. The summed E-state index contributed by atoms with van der Waals surface area (Å²) in [6.07, 6.45) is 0. The van der Waals surface area contributed by atoms with Crippen LogP contribution in [0, 0.1) is 20.2 Å². The highest BCUT2D eigenvalue weighted by Crippen LogP contribution is 2.34. The fourth-order valence-electron chi connectivity index (χ4n) is 4.99. The van der Waals surface area contributed by atoms with Crippen LogP contribution in [0.1, 0.15) is 20.7 Å². The summed E-state index contributed by atoms with van der Waals surface area (Å²) in [4.78, 5) is 49.9. The number of carbonyl (C=O) groups is 2. The van der Waals surface area contributed by atoms with Gasteiger partial charge in [0.2, 0.25) is 0 Å². The van der Waals surface area contributed by atoms with Gasteiger partial charge in [-0.15, -0.1) is 0 Å². The van der Waals surface area contributed by atoms with Gasteiger partial charge in [-0.3, -0.25) is 29.8 Å². The Morgan fingerprint density at radius 1 is 0.500 bits per heavy atom. The molecule has 0 aromatic heterocycles. The summed E-state index contributed by atoms with van der Waals surface area (Å²) in [6, 6.07) is 20.8. The molecule has 0 unspecified atom stereocenters. The number of non-ortho nitro benzene ring substituents is 2. The van der Waals surface area contributed by atoms with Crippen molar-refractivity contribution in [3.63, 3.8) is 0 Å². The molecule has 0 bridgehead atoms. The van der Waals surface area contributed by atoms with E-state index in [1.807, 2.05) is 0 Å². The van der Waals surface area contributed by atoms with Gasteiger partial charge in [0, 0.05) is 73.0 Å². The Hall–Kier alpha value is -6.26. The van der Waals surface area contributed by atoms with Crippen molar-refractivity contribution >= 4 is 34.6 Å². The molecule has 0 aliphatic carbocycles. The SMILES string of the molecule is CN(C(=O)c1ccc([N+](=O)[O-])cc1)c1ccc2c(c1)OCCOCCOc1ccc(N(C)C(=O)c3ccc([N+](=O)[O-])cc3)cc1OCCOCCO2. The summed E-state index contributed by atoms with van der Waals surface area (Å²) in [5, 5.41) is 22.0. The van der Waals surface area contributed by atoms with Gasteiger partial charge in [-0.25, -0.2) is 0 Å². The van der Waals surface area contributed by atoms with Crippen molar-refractivity contribution in [2.24, 2.45) is 0 Å². The first kappa shape index (κ1) is 37.0. The van der Waals surface area contributed by atoms with E-state index >= 15 is 0 Å². The number of benzene rings is 4. The molecule has 52 heavy (non-hydrogen) atoms. The molecule has 16 heteroatoms. The normalized spacial score (nSPS) is 13.9.